The van der Waals surface area contributed by atoms with Crippen molar-refractivity contribution in [1.82, 2.24) is 9.88 Å². The highest BCUT2D eigenvalue weighted by molar-refractivity contribution is 5.93. The van der Waals surface area contributed by atoms with Crippen molar-refractivity contribution < 1.29 is 15.0 Å². The first kappa shape index (κ1) is 14.1. The number of aromatic amines is 1. The zero-order chi connectivity index (χ0) is 14.8. The fraction of sp³-hybridized carbons (Fsp3) is 0.438. The van der Waals surface area contributed by atoms with Crippen molar-refractivity contribution >= 4 is 16.9 Å². The first-order chi connectivity index (χ1) is 10.1. The van der Waals surface area contributed by atoms with Crippen LogP contribution in [0.2, 0.25) is 0 Å². The Balaban J connectivity index is 1.77. The monoisotopic (exact) mass is 288 g/mol. The summed E-state index contributed by atoms with van der Waals surface area (Å²) in [6, 6.07) is 7.16. The number of aromatic nitrogens is 1. The lowest BCUT2D eigenvalue weighted by Gasteiger charge is -2.28. The molecule has 1 atom stereocenters. The number of rotatable bonds is 4. The van der Waals surface area contributed by atoms with Crippen LogP contribution in [0.15, 0.2) is 24.3 Å². The van der Waals surface area contributed by atoms with Gasteiger partial charge in [-0.1, -0.05) is 12.5 Å². The molecule has 3 N–H and O–H groups in total. The lowest BCUT2D eigenvalue weighted by atomic mass is 10.1. The normalized spacial score (nSPS) is 18.0. The number of hydrogen-bond acceptors (Lipinski definition) is 3. The fourth-order valence-electron chi connectivity index (χ4n) is 2.97. The van der Waals surface area contributed by atoms with E-state index in [0.717, 1.165) is 29.6 Å². The number of hydrogen-bond donors (Lipinski definition) is 3. The third-order valence-corrected chi connectivity index (χ3v) is 4.14. The summed E-state index contributed by atoms with van der Waals surface area (Å²) in [5.74, 6) is -0.971. The summed E-state index contributed by atoms with van der Waals surface area (Å²) in [6.45, 7) is 2.74. The number of β-amino-alcohol motifs (C(OH)–C–C–N with tert-alkyl or cyclic N) is 1. The molecule has 1 fully saturated rings. The van der Waals surface area contributed by atoms with Gasteiger partial charge in [0.1, 0.15) is 5.69 Å². The molecule has 1 saturated heterocycles. The molecule has 112 valence electrons. The Kier molecular flexibility index (Phi) is 3.94. The van der Waals surface area contributed by atoms with Crippen LogP contribution in [0.3, 0.4) is 0 Å². The Morgan fingerprint density at radius 3 is 2.71 bits per heavy atom. The second-order valence-corrected chi connectivity index (χ2v) is 5.71. The molecule has 5 nitrogen and oxygen atoms in total. The van der Waals surface area contributed by atoms with Crippen LogP contribution < -0.4 is 0 Å². The standard InChI is InChI=1S/C16H20N2O3/c19-15(10-18-6-2-1-3-7-18)11-4-5-13-12(8-11)9-14(17-13)16(20)21/h4-5,8-9,15,17,19H,1-3,6-7,10H2,(H,20,21). The molecule has 3 rings (SSSR count). The van der Waals surface area contributed by atoms with E-state index in [2.05, 4.69) is 9.88 Å². The molecule has 5 heteroatoms. The molecular formula is C16H20N2O3. The number of likely N-dealkylation sites (tertiary alicyclic amines) is 1. The number of aromatic carboxylic acids is 1. The first-order valence-electron chi connectivity index (χ1n) is 7.40. The van der Waals surface area contributed by atoms with Crippen LogP contribution >= 0.6 is 0 Å². The van der Waals surface area contributed by atoms with Crippen molar-refractivity contribution in [2.45, 2.75) is 25.4 Å². The van der Waals surface area contributed by atoms with E-state index in [4.69, 9.17) is 5.11 Å². The van der Waals surface area contributed by atoms with E-state index in [1.165, 1.54) is 19.3 Å². The van der Waals surface area contributed by atoms with Crippen molar-refractivity contribution in [3.63, 3.8) is 0 Å². The number of aliphatic hydroxyl groups is 1. The third kappa shape index (κ3) is 3.09. The van der Waals surface area contributed by atoms with Crippen LogP contribution in [-0.4, -0.2) is 45.7 Å². The average molecular weight is 288 g/mol. The molecule has 2 heterocycles. The number of carbonyl (C=O) groups is 1. The molecule has 0 aliphatic carbocycles. The van der Waals surface area contributed by atoms with Crippen LogP contribution in [0.4, 0.5) is 0 Å². The molecule has 1 aromatic heterocycles. The molecule has 1 aromatic carbocycles. The van der Waals surface area contributed by atoms with Crippen LogP contribution in [0.5, 0.6) is 0 Å². The van der Waals surface area contributed by atoms with Crippen LogP contribution in [0.1, 0.15) is 41.4 Å². The van der Waals surface area contributed by atoms with Gasteiger partial charge in [0.2, 0.25) is 0 Å². The minimum atomic E-state index is -0.971. The van der Waals surface area contributed by atoms with Crippen LogP contribution in [0.25, 0.3) is 10.9 Å². The Morgan fingerprint density at radius 2 is 2.00 bits per heavy atom. The zero-order valence-electron chi connectivity index (χ0n) is 11.9. The maximum absolute atomic E-state index is 11.0. The summed E-state index contributed by atoms with van der Waals surface area (Å²) in [4.78, 5) is 16.1. The second kappa shape index (κ2) is 5.87. The Bertz CT molecular complexity index is 644. The number of nitrogens with zero attached hydrogens (tertiary/aromatic N) is 1. The number of carboxylic acids is 1. The van der Waals surface area contributed by atoms with Gasteiger partial charge in [-0.3, -0.25) is 0 Å². The van der Waals surface area contributed by atoms with Crippen LogP contribution in [-0.2, 0) is 0 Å². The minimum Gasteiger partial charge on any atom is -0.477 e. The quantitative estimate of drug-likeness (QED) is 0.807. The lowest BCUT2D eigenvalue weighted by Crippen LogP contribution is -2.33. The van der Waals surface area contributed by atoms with Crippen molar-refractivity contribution in [2.24, 2.45) is 0 Å². The van der Waals surface area contributed by atoms with Crippen LogP contribution in [0, 0.1) is 0 Å². The summed E-state index contributed by atoms with van der Waals surface area (Å²) in [7, 11) is 0. The van der Waals surface area contributed by atoms with E-state index < -0.39 is 12.1 Å². The van der Waals surface area contributed by atoms with E-state index in [-0.39, 0.29) is 5.69 Å². The molecule has 0 radical (unpaired) electrons. The van der Waals surface area contributed by atoms with Crippen molar-refractivity contribution in [2.75, 3.05) is 19.6 Å². The summed E-state index contributed by atoms with van der Waals surface area (Å²) < 4.78 is 0. The van der Waals surface area contributed by atoms with Gasteiger partial charge in [0.05, 0.1) is 6.10 Å². The highest BCUT2D eigenvalue weighted by atomic mass is 16.4. The van der Waals surface area contributed by atoms with Gasteiger partial charge in [0.25, 0.3) is 0 Å². The first-order valence-corrected chi connectivity index (χ1v) is 7.40. The van der Waals surface area contributed by atoms with Gasteiger partial charge in [0, 0.05) is 17.4 Å². The lowest BCUT2D eigenvalue weighted by molar-refractivity contribution is 0.0691. The maximum atomic E-state index is 11.0. The van der Waals surface area contributed by atoms with Crippen molar-refractivity contribution in [3.05, 3.63) is 35.5 Å². The van der Waals surface area contributed by atoms with Gasteiger partial charge < -0.3 is 20.1 Å². The summed E-state index contributed by atoms with van der Waals surface area (Å²) in [6.07, 6.45) is 3.15. The second-order valence-electron chi connectivity index (χ2n) is 5.71. The van der Waals surface area contributed by atoms with Gasteiger partial charge in [-0.25, -0.2) is 4.79 Å². The fourth-order valence-corrected chi connectivity index (χ4v) is 2.97. The highest BCUT2D eigenvalue weighted by Crippen LogP contribution is 2.23. The van der Waals surface area contributed by atoms with Crippen molar-refractivity contribution in [3.8, 4) is 0 Å². The Hall–Kier alpha value is -1.85. The van der Waals surface area contributed by atoms with E-state index in [1.807, 2.05) is 18.2 Å². The summed E-state index contributed by atoms with van der Waals surface area (Å²) in [5, 5.41) is 20.2. The molecule has 0 spiro atoms. The molecule has 0 saturated carbocycles. The van der Waals surface area contributed by atoms with E-state index >= 15 is 0 Å². The molecule has 0 bridgehead atoms. The van der Waals surface area contributed by atoms with Crippen molar-refractivity contribution in [1.29, 1.82) is 0 Å². The van der Waals surface area contributed by atoms with E-state index in [0.29, 0.717) is 6.54 Å². The number of benzene rings is 1. The molecule has 1 unspecified atom stereocenters. The predicted molar refractivity (Wildman–Crippen MR) is 80.5 cm³/mol. The summed E-state index contributed by atoms with van der Waals surface area (Å²) in [5.41, 5.74) is 1.79. The SMILES string of the molecule is O=C(O)c1cc2cc(C(O)CN3CCCCC3)ccc2[nH]1. The van der Waals surface area contributed by atoms with Gasteiger partial charge in [-0.15, -0.1) is 0 Å². The van der Waals surface area contributed by atoms with E-state index in [9.17, 15) is 9.90 Å². The number of nitrogens with one attached hydrogen (secondary N) is 1. The Morgan fingerprint density at radius 1 is 1.24 bits per heavy atom. The smallest absolute Gasteiger partial charge is 0.352 e. The van der Waals surface area contributed by atoms with E-state index in [1.54, 1.807) is 6.07 Å². The molecule has 0 amide bonds. The topological polar surface area (TPSA) is 76.6 Å². The predicted octanol–water partition coefficient (Wildman–Crippen LogP) is 2.39. The van der Waals surface area contributed by atoms with Gasteiger partial charge in [-0.05, 0) is 49.7 Å². The molecular weight excluding hydrogens is 268 g/mol. The number of H-pyrrole nitrogens is 1. The molecule has 21 heavy (non-hydrogen) atoms. The number of carboxylic acid groups (broad SMARTS) is 1. The number of fused-ring (bicyclic) bond motifs is 1. The van der Waals surface area contributed by atoms with Gasteiger partial charge in [-0.2, -0.15) is 0 Å². The number of aliphatic hydroxyl groups excluding tert-OH is 1. The third-order valence-electron chi connectivity index (χ3n) is 4.14. The molecule has 1 aliphatic heterocycles. The molecule has 2 aromatic rings. The summed E-state index contributed by atoms with van der Waals surface area (Å²) >= 11 is 0. The molecule has 1 aliphatic rings. The zero-order valence-corrected chi connectivity index (χ0v) is 11.9. The van der Waals surface area contributed by atoms with Gasteiger partial charge >= 0.3 is 5.97 Å². The maximum Gasteiger partial charge on any atom is 0.352 e. The Labute approximate surface area is 123 Å². The van der Waals surface area contributed by atoms with Gasteiger partial charge in [0.15, 0.2) is 0 Å². The number of piperidine rings is 1. The minimum absolute atomic E-state index is 0.174. The average Bonchev–Trinajstić information content (AvgIpc) is 2.91. The highest BCUT2D eigenvalue weighted by Gasteiger charge is 2.17. The largest absolute Gasteiger partial charge is 0.477 e.